The fourth-order valence-corrected chi connectivity index (χ4v) is 3.91. The fourth-order valence-electron chi connectivity index (χ4n) is 3.91. The van der Waals surface area contributed by atoms with E-state index in [0.717, 1.165) is 0 Å². The largest absolute Gasteiger partial charge is 0.351 e. The van der Waals surface area contributed by atoms with E-state index in [4.69, 9.17) is 4.99 Å². The maximum absolute atomic E-state index is 13.8. The number of nitrogens with zero attached hydrogens (tertiary/aromatic N) is 6. The lowest BCUT2D eigenvalue weighted by molar-refractivity contribution is -0.121. The van der Waals surface area contributed by atoms with Gasteiger partial charge in [-0.05, 0) is 53.7 Å². The summed E-state index contributed by atoms with van der Waals surface area (Å²) in [5, 5.41) is 5.58. The molecule has 0 aliphatic carbocycles. The molecule has 2 amide bonds. The van der Waals surface area contributed by atoms with Crippen LogP contribution in [0.5, 0.6) is 0 Å². The number of amides is 2. The van der Waals surface area contributed by atoms with E-state index in [1.807, 2.05) is 46.8 Å². The number of carbonyl (C=O) groups excluding carboxylic acids is 2. The van der Waals surface area contributed by atoms with E-state index in [1.165, 1.54) is 4.57 Å². The summed E-state index contributed by atoms with van der Waals surface area (Å²) in [5.74, 6) is 1.04. The molecule has 0 spiro atoms. The number of hydrogen-bond donors (Lipinski definition) is 2. The van der Waals surface area contributed by atoms with Gasteiger partial charge in [-0.2, -0.15) is 0 Å². The third kappa shape index (κ3) is 5.96. The van der Waals surface area contributed by atoms with Crippen molar-refractivity contribution in [2.45, 2.75) is 59.5 Å². The number of hydrogen-bond acceptors (Lipinski definition) is 8. The third-order valence-corrected chi connectivity index (χ3v) is 5.56. The van der Waals surface area contributed by atoms with Crippen LogP contribution in [0.3, 0.4) is 0 Å². The minimum absolute atomic E-state index is 0.128. The Morgan fingerprint density at radius 3 is 2.61 bits per heavy atom. The Hall–Kier alpha value is -4.02. The molecule has 2 N–H and O–H groups in total. The monoisotopic (exact) mass is 494 g/mol. The molecule has 36 heavy (non-hydrogen) atoms. The second-order valence-electron chi connectivity index (χ2n) is 9.46. The van der Waals surface area contributed by atoms with Crippen molar-refractivity contribution >= 4 is 29.9 Å². The van der Waals surface area contributed by atoms with Gasteiger partial charge in [0.05, 0.1) is 18.4 Å². The highest BCUT2D eigenvalue weighted by Gasteiger charge is 2.32. The van der Waals surface area contributed by atoms with Crippen LogP contribution >= 0.6 is 0 Å². The van der Waals surface area contributed by atoms with Crippen LogP contribution in [-0.4, -0.2) is 62.5 Å². The van der Waals surface area contributed by atoms with Crippen molar-refractivity contribution in [1.82, 2.24) is 30.1 Å². The lowest BCUT2D eigenvalue weighted by Gasteiger charge is -2.27. The van der Waals surface area contributed by atoms with Crippen molar-refractivity contribution in [3.63, 3.8) is 0 Å². The van der Waals surface area contributed by atoms with Crippen LogP contribution in [0, 0.1) is 6.92 Å². The fraction of sp³-hybridized carbons (Fsp3) is 0.440. The van der Waals surface area contributed by atoms with E-state index in [2.05, 4.69) is 20.6 Å². The second-order valence-corrected chi connectivity index (χ2v) is 9.46. The predicted octanol–water partition coefficient (Wildman–Crippen LogP) is 1.91. The van der Waals surface area contributed by atoms with Crippen LogP contribution in [-0.2, 0) is 9.59 Å². The molecule has 2 aromatic rings. The summed E-state index contributed by atoms with van der Waals surface area (Å²) in [4.78, 5) is 54.3. The van der Waals surface area contributed by atoms with Crippen molar-refractivity contribution < 1.29 is 9.59 Å². The first-order valence-corrected chi connectivity index (χ1v) is 11.9. The summed E-state index contributed by atoms with van der Waals surface area (Å²) in [6.07, 6.45) is 5.76. The van der Waals surface area contributed by atoms with Crippen LogP contribution in [0.4, 0.5) is 11.6 Å². The zero-order valence-electron chi connectivity index (χ0n) is 21.6. The normalized spacial score (nSPS) is 16.6. The predicted molar refractivity (Wildman–Crippen MR) is 139 cm³/mol. The molecule has 11 heteroatoms. The lowest BCUT2D eigenvalue weighted by Crippen LogP contribution is -2.47. The number of rotatable bonds is 8. The quantitative estimate of drug-likeness (QED) is 0.537. The number of aromatic nitrogens is 3. The van der Waals surface area contributed by atoms with E-state index < -0.39 is 0 Å². The van der Waals surface area contributed by atoms with Gasteiger partial charge in [-0.1, -0.05) is 12.1 Å². The number of carbonyl (C=O) groups is 2. The molecule has 0 aromatic carbocycles. The van der Waals surface area contributed by atoms with Crippen molar-refractivity contribution in [3.05, 3.63) is 58.4 Å². The maximum atomic E-state index is 13.8. The third-order valence-electron chi connectivity index (χ3n) is 5.56. The van der Waals surface area contributed by atoms with Crippen molar-refractivity contribution in [1.29, 1.82) is 0 Å². The van der Waals surface area contributed by atoms with Crippen LogP contribution < -0.4 is 21.1 Å². The summed E-state index contributed by atoms with van der Waals surface area (Å²) in [6.45, 7) is 12.0. The molecule has 1 aliphatic heterocycles. The van der Waals surface area contributed by atoms with Gasteiger partial charge in [-0.25, -0.2) is 19.5 Å². The standard InChI is InChI=1S/C25H34N8O3/c1-7-31(20-10-8-9-13-27-20)22-23(36)33(17(2)14-28-22)24-29-19(18(3)32(24)15-26-16-34)11-12-21(35)30-25(4,5)6/h8-11,13-14,16,18H,7,12,15H2,1-6H3,(H,26,34)(H,30,35). The summed E-state index contributed by atoms with van der Waals surface area (Å²) in [5.41, 5.74) is 0.497. The SMILES string of the molecule is CCN(c1ccccn1)c1ncc(C)n(C2=NC(=CCC(=O)NC(C)(C)C)C(C)N2CNC=O)c1=O. The molecule has 192 valence electrons. The highest BCUT2D eigenvalue weighted by Crippen LogP contribution is 2.23. The minimum atomic E-state index is -0.365. The Bertz CT molecular complexity index is 1210. The highest BCUT2D eigenvalue weighted by molar-refractivity contribution is 5.88. The Kier molecular flexibility index (Phi) is 8.23. The van der Waals surface area contributed by atoms with Gasteiger partial charge in [0.1, 0.15) is 5.82 Å². The minimum Gasteiger partial charge on any atom is -0.351 e. The molecule has 1 atom stereocenters. The van der Waals surface area contributed by atoms with Gasteiger partial charge in [0, 0.05) is 36.6 Å². The van der Waals surface area contributed by atoms with Gasteiger partial charge < -0.3 is 20.4 Å². The molecule has 2 aromatic heterocycles. The average molecular weight is 495 g/mol. The average Bonchev–Trinajstić information content (AvgIpc) is 3.12. The number of aliphatic imine (C=N–C) groups is 1. The van der Waals surface area contributed by atoms with Gasteiger partial charge >= 0.3 is 5.56 Å². The molecule has 0 fully saturated rings. The van der Waals surface area contributed by atoms with E-state index in [1.54, 1.807) is 41.3 Å². The van der Waals surface area contributed by atoms with Crippen molar-refractivity contribution in [2.75, 3.05) is 18.1 Å². The molecule has 1 unspecified atom stereocenters. The molecule has 0 saturated heterocycles. The number of pyridine rings is 1. The molecule has 11 nitrogen and oxygen atoms in total. The number of nitrogens with one attached hydrogen (secondary N) is 2. The zero-order chi connectivity index (χ0) is 26.5. The van der Waals surface area contributed by atoms with Crippen LogP contribution in [0.25, 0.3) is 0 Å². The molecular formula is C25H34N8O3. The van der Waals surface area contributed by atoms with E-state index in [-0.39, 0.29) is 42.0 Å². The van der Waals surface area contributed by atoms with E-state index in [9.17, 15) is 14.4 Å². The Balaban J connectivity index is 2.06. The molecule has 3 heterocycles. The highest BCUT2D eigenvalue weighted by atomic mass is 16.2. The molecule has 3 rings (SSSR count). The van der Waals surface area contributed by atoms with Gasteiger partial charge in [0.2, 0.25) is 24.1 Å². The van der Waals surface area contributed by atoms with Gasteiger partial charge in [0.15, 0.2) is 0 Å². The lowest BCUT2D eigenvalue weighted by atomic mass is 10.1. The van der Waals surface area contributed by atoms with Crippen molar-refractivity contribution in [2.24, 2.45) is 4.99 Å². The Labute approximate surface area is 211 Å². The molecule has 0 saturated carbocycles. The number of aryl methyl sites for hydroxylation is 1. The van der Waals surface area contributed by atoms with Gasteiger partial charge in [-0.15, -0.1) is 0 Å². The molecule has 1 aliphatic rings. The summed E-state index contributed by atoms with van der Waals surface area (Å²) in [7, 11) is 0. The van der Waals surface area contributed by atoms with E-state index in [0.29, 0.717) is 36.1 Å². The first kappa shape index (κ1) is 26.6. The molecule has 0 radical (unpaired) electrons. The zero-order valence-corrected chi connectivity index (χ0v) is 21.6. The van der Waals surface area contributed by atoms with E-state index >= 15 is 0 Å². The van der Waals surface area contributed by atoms with Gasteiger partial charge in [-0.3, -0.25) is 14.4 Å². The maximum Gasteiger partial charge on any atom is 0.301 e. The molecular weight excluding hydrogens is 460 g/mol. The first-order valence-electron chi connectivity index (χ1n) is 11.9. The summed E-state index contributed by atoms with van der Waals surface area (Å²) in [6, 6.07) is 5.18. The van der Waals surface area contributed by atoms with Crippen molar-refractivity contribution in [3.8, 4) is 0 Å². The first-order chi connectivity index (χ1) is 17.1. The Morgan fingerprint density at radius 2 is 2.00 bits per heavy atom. The number of anilines is 2. The topological polar surface area (TPSA) is 125 Å². The van der Waals surface area contributed by atoms with Crippen LogP contribution in [0.15, 0.2) is 52.2 Å². The summed E-state index contributed by atoms with van der Waals surface area (Å²) < 4.78 is 1.48. The Morgan fingerprint density at radius 1 is 1.25 bits per heavy atom. The smallest absolute Gasteiger partial charge is 0.301 e. The summed E-state index contributed by atoms with van der Waals surface area (Å²) >= 11 is 0. The van der Waals surface area contributed by atoms with Gasteiger partial charge in [0.25, 0.3) is 0 Å². The second kappa shape index (κ2) is 11.1. The molecule has 0 bridgehead atoms. The van der Waals surface area contributed by atoms with Crippen LogP contribution in [0.2, 0.25) is 0 Å². The van der Waals surface area contributed by atoms with Crippen LogP contribution in [0.1, 0.15) is 46.7 Å².